The predicted molar refractivity (Wildman–Crippen MR) is 132 cm³/mol. The molecule has 0 spiro atoms. The van der Waals surface area contributed by atoms with Gasteiger partial charge >= 0.3 is 12.3 Å². The van der Waals surface area contributed by atoms with Crippen LogP contribution in [0.25, 0.3) is 27.4 Å². The molecule has 0 aliphatic carbocycles. The number of imidazole rings is 1. The maximum atomic E-state index is 13.7. The highest BCUT2D eigenvalue weighted by molar-refractivity contribution is 7.18. The maximum Gasteiger partial charge on any atom is 0.420 e. The summed E-state index contributed by atoms with van der Waals surface area (Å²) in [7, 11) is 0. The van der Waals surface area contributed by atoms with Crippen LogP contribution in [0, 0.1) is 6.92 Å². The SMILES string of the molecule is Cc1cn2nc(-c3nc4sc(C5CCN(C(=O)OC(C)(C)C)CC5)cc4c(=O)[nH]3)cc(C(F)(F)F)c2n1. The van der Waals surface area contributed by atoms with Crippen LogP contribution in [0.1, 0.15) is 55.7 Å². The molecule has 196 valence electrons. The zero-order valence-electron chi connectivity index (χ0n) is 20.6. The fourth-order valence-corrected chi connectivity index (χ4v) is 5.56. The minimum Gasteiger partial charge on any atom is -0.444 e. The van der Waals surface area contributed by atoms with E-state index in [-0.39, 0.29) is 29.2 Å². The number of ether oxygens (including phenoxy) is 1. The first-order valence-corrected chi connectivity index (χ1v) is 12.6. The van der Waals surface area contributed by atoms with Crippen LogP contribution in [0.2, 0.25) is 0 Å². The second-order valence-electron chi connectivity index (χ2n) is 10.1. The first-order chi connectivity index (χ1) is 17.3. The number of halogens is 3. The molecule has 1 N–H and O–H groups in total. The van der Waals surface area contributed by atoms with Crippen LogP contribution in [-0.4, -0.2) is 54.2 Å². The Morgan fingerprint density at radius 3 is 2.51 bits per heavy atom. The summed E-state index contributed by atoms with van der Waals surface area (Å²) in [6, 6.07) is 2.63. The van der Waals surface area contributed by atoms with Crippen molar-refractivity contribution < 1.29 is 22.7 Å². The summed E-state index contributed by atoms with van der Waals surface area (Å²) >= 11 is 1.33. The number of carbonyl (C=O) groups excluding carboxylic acids is 1. The summed E-state index contributed by atoms with van der Waals surface area (Å²) in [5.74, 6) is 0.0744. The molecule has 1 saturated heterocycles. The van der Waals surface area contributed by atoms with Crippen LogP contribution in [0.15, 0.2) is 23.1 Å². The molecule has 37 heavy (non-hydrogen) atoms. The van der Waals surface area contributed by atoms with E-state index in [9.17, 15) is 22.8 Å². The van der Waals surface area contributed by atoms with E-state index in [1.54, 1.807) is 17.9 Å². The van der Waals surface area contributed by atoms with Crippen LogP contribution >= 0.6 is 11.3 Å². The van der Waals surface area contributed by atoms with Crippen LogP contribution in [0.5, 0.6) is 0 Å². The van der Waals surface area contributed by atoms with Gasteiger partial charge < -0.3 is 14.6 Å². The lowest BCUT2D eigenvalue weighted by Crippen LogP contribution is -2.41. The molecule has 0 bridgehead atoms. The molecule has 0 aromatic carbocycles. The average molecular weight is 535 g/mol. The van der Waals surface area contributed by atoms with Gasteiger partial charge in [0.05, 0.1) is 17.3 Å². The van der Waals surface area contributed by atoms with E-state index in [2.05, 4.69) is 20.1 Å². The molecule has 0 atom stereocenters. The van der Waals surface area contributed by atoms with Crippen molar-refractivity contribution in [3.8, 4) is 11.5 Å². The lowest BCUT2D eigenvalue weighted by molar-refractivity contribution is -0.136. The zero-order valence-corrected chi connectivity index (χ0v) is 21.5. The number of nitrogens with zero attached hydrogens (tertiary/aromatic N) is 5. The number of amides is 1. The number of nitrogens with one attached hydrogen (secondary N) is 1. The number of fused-ring (bicyclic) bond motifs is 2. The maximum absolute atomic E-state index is 13.7. The van der Waals surface area contributed by atoms with Gasteiger partial charge in [0, 0.05) is 18.0 Å². The van der Waals surface area contributed by atoms with Gasteiger partial charge in [-0.3, -0.25) is 4.79 Å². The Labute approximate surface area is 213 Å². The fourth-order valence-electron chi connectivity index (χ4n) is 4.36. The highest BCUT2D eigenvalue weighted by Gasteiger charge is 2.35. The second-order valence-corrected chi connectivity index (χ2v) is 11.2. The number of piperidine rings is 1. The molecule has 1 aliphatic heterocycles. The first-order valence-electron chi connectivity index (χ1n) is 11.7. The lowest BCUT2D eigenvalue weighted by Gasteiger charge is -2.33. The predicted octanol–water partition coefficient (Wildman–Crippen LogP) is 5.14. The lowest BCUT2D eigenvalue weighted by atomic mass is 9.95. The number of aromatic amines is 1. The van der Waals surface area contributed by atoms with Crippen molar-refractivity contribution in [3.63, 3.8) is 0 Å². The number of rotatable bonds is 2. The van der Waals surface area contributed by atoms with E-state index in [1.807, 2.05) is 20.8 Å². The number of hydrogen-bond acceptors (Lipinski definition) is 7. The molecule has 4 aromatic heterocycles. The normalized spacial score (nSPS) is 15.6. The van der Waals surface area contributed by atoms with Gasteiger partial charge in [0.25, 0.3) is 5.56 Å². The van der Waals surface area contributed by atoms with Crippen molar-refractivity contribution in [1.29, 1.82) is 0 Å². The van der Waals surface area contributed by atoms with Crippen molar-refractivity contribution >= 4 is 33.3 Å². The number of H-pyrrole nitrogens is 1. The Balaban J connectivity index is 1.44. The van der Waals surface area contributed by atoms with Crippen LogP contribution in [-0.2, 0) is 10.9 Å². The molecule has 0 radical (unpaired) electrons. The number of likely N-dealkylation sites (tertiary alicyclic amines) is 1. The third kappa shape index (κ3) is 5.04. The Bertz CT molecular complexity index is 1560. The van der Waals surface area contributed by atoms with Crippen molar-refractivity contribution in [2.75, 3.05) is 13.1 Å². The fraction of sp³-hybridized carbons (Fsp3) is 0.458. The largest absolute Gasteiger partial charge is 0.444 e. The van der Waals surface area contributed by atoms with E-state index in [1.165, 1.54) is 17.5 Å². The molecule has 4 aromatic rings. The smallest absolute Gasteiger partial charge is 0.420 e. The number of thiophene rings is 1. The topological polar surface area (TPSA) is 105 Å². The number of aryl methyl sites for hydroxylation is 1. The van der Waals surface area contributed by atoms with Gasteiger partial charge in [-0.1, -0.05) is 0 Å². The summed E-state index contributed by atoms with van der Waals surface area (Å²) in [4.78, 5) is 39.2. The third-order valence-electron chi connectivity index (χ3n) is 6.06. The molecule has 1 fully saturated rings. The summed E-state index contributed by atoms with van der Waals surface area (Å²) < 4.78 is 47.7. The highest BCUT2D eigenvalue weighted by Crippen LogP contribution is 2.37. The molecule has 1 amide bonds. The van der Waals surface area contributed by atoms with Crippen molar-refractivity contribution in [1.82, 2.24) is 29.5 Å². The van der Waals surface area contributed by atoms with E-state index in [4.69, 9.17) is 4.74 Å². The number of aromatic nitrogens is 5. The molecule has 13 heteroatoms. The molecule has 9 nitrogen and oxygen atoms in total. The van der Waals surface area contributed by atoms with Gasteiger partial charge in [0.15, 0.2) is 11.5 Å². The van der Waals surface area contributed by atoms with E-state index >= 15 is 0 Å². The van der Waals surface area contributed by atoms with Crippen molar-refractivity contribution in [2.24, 2.45) is 0 Å². The van der Waals surface area contributed by atoms with Gasteiger partial charge in [-0.2, -0.15) is 18.3 Å². The van der Waals surface area contributed by atoms with Crippen LogP contribution in [0.4, 0.5) is 18.0 Å². The Morgan fingerprint density at radius 1 is 1.16 bits per heavy atom. The standard InChI is InChI=1S/C24H25F3N6O3S/c1-12-11-33-19(28-12)15(24(25,26)27)10-16(31-33)18-29-20(34)14-9-17(37-21(14)30-18)13-5-7-32(8-6-13)22(35)36-23(2,3)4/h9-11,13H,5-8H2,1-4H3,(H,29,30,34). The monoisotopic (exact) mass is 534 g/mol. The Kier molecular flexibility index (Phi) is 6.00. The Morgan fingerprint density at radius 2 is 1.86 bits per heavy atom. The van der Waals surface area contributed by atoms with E-state index in [0.29, 0.717) is 41.8 Å². The minimum atomic E-state index is -4.66. The number of carbonyl (C=O) groups is 1. The van der Waals surface area contributed by atoms with Crippen molar-refractivity contribution in [2.45, 2.75) is 58.2 Å². The molecule has 1 aliphatic rings. The quantitative estimate of drug-likeness (QED) is 0.382. The number of hydrogen-bond donors (Lipinski definition) is 1. The second kappa shape index (κ2) is 8.82. The number of alkyl halides is 3. The van der Waals surface area contributed by atoms with E-state index < -0.39 is 22.9 Å². The van der Waals surface area contributed by atoms with E-state index in [0.717, 1.165) is 15.5 Å². The van der Waals surface area contributed by atoms with Crippen LogP contribution in [0.3, 0.4) is 0 Å². The zero-order chi connectivity index (χ0) is 26.7. The average Bonchev–Trinajstić information content (AvgIpc) is 3.39. The molecular weight excluding hydrogens is 509 g/mol. The van der Waals surface area contributed by atoms with Gasteiger partial charge in [-0.25, -0.2) is 19.3 Å². The molecule has 5 rings (SSSR count). The molecular formula is C24H25F3N6O3S. The minimum absolute atomic E-state index is 0.0515. The summed E-state index contributed by atoms with van der Waals surface area (Å²) in [5.41, 5.74) is -2.03. The van der Waals surface area contributed by atoms with Gasteiger partial charge in [0.2, 0.25) is 0 Å². The van der Waals surface area contributed by atoms with Gasteiger partial charge in [0.1, 0.15) is 21.7 Å². The highest BCUT2D eigenvalue weighted by atomic mass is 32.1. The summed E-state index contributed by atoms with van der Waals surface area (Å²) in [6.07, 6.45) is -2.22. The first kappa shape index (κ1) is 25.2. The molecule has 5 heterocycles. The summed E-state index contributed by atoms with van der Waals surface area (Å²) in [5, 5.41) is 4.58. The van der Waals surface area contributed by atoms with Crippen LogP contribution < -0.4 is 5.56 Å². The third-order valence-corrected chi connectivity index (χ3v) is 7.26. The molecule has 0 unspecified atom stereocenters. The summed E-state index contributed by atoms with van der Waals surface area (Å²) in [6.45, 7) is 8.09. The van der Waals surface area contributed by atoms with Gasteiger partial charge in [-0.15, -0.1) is 11.3 Å². The molecule has 0 saturated carbocycles. The van der Waals surface area contributed by atoms with Crippen molar-refractivity contribution in [3.05, 3.63) is 44.8 Å². The van der Waals surface area contributed by atoms with Gasteiger partial charge in [-0.05, 0) is 58.6 Å². The Hall–Kier alpha value is -3.48.